The van der Waals surface area contributed by atoms with Crippen molar-refractivity contribution >= 4 is 16.0 Å². The minimum atomic E-state index is -5.08. The fourth-order valence-electron chi connectivity index (χ4n) is 3.23. The van der Waals surface area contributed by atoms with Crippen molar-refractivity contribution in [1.29, 1.82) is 0 Å². The number of carboxylic acids is 1. The van der Waals surface area contributed by atoms with Crippen molar-refractivity contribution in [2.75, 3.05) is 39.1 Å². The fourth-order valence-corrected chi connectivity index (χ4v) is 3.78. The van der Waals surface area contributed by atoms with Crippen LogP contribution in [0.1, 0.15) is 5.56 Å². The number of hydrogen-bond acceptors (Lipinski definition) is 6. The Morgan fingerprint density at radius 2 is 2.15 bits per heavy atom. The molecular formula is C15H21F3N2O6S. The third-order valence-electron chi connectivity index (χ3n) is 4.51. The summed E-state index contributed by atoms with van der Waals surface area (Å²) in [6, 6.07) is 1.96. The minimum absolute atomic E-state index is 0.0905. The Balaban J connectivity index is 0.000000321. The molecule has 0 saturated carbocycles. The van der Waals surface area contributed by atoms with Gasteiger partial charge in [-0.1, -0.05) is 0 Å². The first kappa shape index (κ1) is 21.7. The minimum Gasteiger partial charge on any atom is -0.475 e. The standard InChI is InChI=1S/C13H20N2O4S.C2HF3O2/c1-20(16,17)14-8-13-9-15(4-11-2-3-18-6-11)5-12(13)7-19-10-13;3-2(4,5)1(6)7/h2-3,6,12,14H,4-5,7-10H2,1H3;(H,6,7)/t12-,13+;/m1./s1. The van der Waals surface area contributed by atoms with Crippen molar-refractivity contribution in [3.8, 4) is 0 Å². The van der Waals surface area contributed by atoms with Crippen molar-refractivity contribution in [2.45, 2.75) is 12.7 Å². The van der Waals surface area contributed by atoms with E-state index in [9.17, 15) is 21.6 Å². The number of hydrogen-bond donors (Lipinski definition) is 2. The number of halogens is 3. The number of aliphatic carboxylic acids is 1. The Morgan fingerprint density at radius 1 is 1.48 bits per heavy atom. The van der Waals surface area contributed by atoms with Crippen LogP contribution in [0.15, 0.2) is 23.0 Å². The number of fused-ring (bicyclic) bond motifs is 1. The van der Waals surface area contributed by atoms with Crippen LogP contribution in [0.2, 0.25) is 0 Å². The molecule has 8 nitrogen and oxygen atoms in total. The van der Waals surface area contributed by atoms with E-state index < -0.39 is 22.2 Å². The molecule has 0 radical (unpaired) electrons. The zero-order valence-electron chi connectivity index (χ0n) is 14.5. The number of alkyl halides is 3. The Bertz CT molecular complexity index is 737. The van der Waals surface area contributed by atoms with E-state index in [0.29, 0.717) is 25.7 Å². The number of sulfonamides is 1. The number of nitrogens with zero attached hydrogens (tertiary/aromatic N) is 1. The molecular weight excluding hydrogens is 393 g/mol. The second kappa shape index (κ2) is 8.17. The maximum absolute atomic E-state index is 11.3. The van der Waals surface area contributed by atoms with Gasteiger partial charge >= 0.3 is 12.1 Å². The average Bonchev–Trinajstić information content (AvgIpc) is 3.20. The molecule has 2 aliphatic heterocycles. The Kier molecular flexibility index (Phi) is 6.55. The van der Waals surface area contributed by atoms with Crippen molar-refractivity contribution in [3.63, 3.8) is 0 Å². The van der Waals surface area contributed by atoms with E-state index in [2.05, 4.69) is 9.62 Å². The highest BCUT2D eigenvalue weighted by Crippen LogP contribution is 2.41. The van der Waals surface area contributed by atoms with Crippen LogP contribution in [0.5, 0.6) is 0 Å². The second-order valence-corrected chi connectivity index (χ2v) is 8.60. The van der Waals surface area contributed by atoms with E-state index in [4.69, 9.17) is 19.1 Å². The van der Waals surface area contributed by atoms with E-state index in [0.717, 1.165) is 25.2 Å². The molecule has 154 valence electrons. The zero-order chi connectivity index (χ0) is 20.3. The maximum atomic E-state index is 11.3. The van der Waals surface area contributed by atoms with Crippen LogP contribution in [0.25, 0.3) is 0 Å². The average molecular weight is 414 g/mol. The quantitative estimate of drug-likeness (QED) is 0.737. The lowest BCUT2D eigenvalue weighted by atomic mass is 9.81. The van der Waals surface area contributed by atoms with Gasteiger partial charge in [0, 0.05) is 43.1 Å². The van der Waals surface area contributed by atoms with Crippen LogP contribution in [-0.2, 0) is 26.1 Å². The molecule has 1 aromatic rings. The molecule has 2 atom stereocenters. The third-order valence-corrected chi connectivity index (χ3v) is 5.18. The molecule has 27 heavy (non-hydrogen) atoms. The Labute approximate surface area is 154 Å². The van der Waals surface area contributed by atoms with Gasteiger partial charge in [-0.3, -0.25) is 4.90 Å². The lowest BCUT2D eigenvalue weighted by Gasteiger charge is -2.27. The summed E-state index contributed by atoms with van der Waals surface area (Å²) in [5.74, 6) is -2.36. The predicted octanol–water partition coefficient (Wildman–Crippen LogP) is 0.911. The van der Waals surface area contributed by atoms with Gasteiger partial charge in [-0.2, -0.15) is 13.2 Å². The molecule has 2 N–H and O–H groups in total. The van der Waals surface area contributed by atoms with Gasteiger partial charge in [0.2, 0.25) is 10.0 Å². The van der Waals surface area contributed by atoms with Gasteiger partial charge in [0.15, 0.2) is 0 Å². The molecule has 3 rings (SSSR count). The molecule has 0 aromatic carbocycles. The number of rotatable bonds is 5. The summed E-state index contributed by atoms with van der Waals surface area (Å²) in [7, 11) is -3.16. The van der Waals surface area contributed by atoms with Crippen LogP contribution < -0.4 is 4.72 Å². The molecule has 0 bridgehead atoms. The molecule has 2 aliphatic rings. The lowest BCUT2D eigenvalue weighted by Crippen LogP contribution is -2.42. The number of carboxylic acid groups (broad SMARTS) is 1. The van der Waals surface area contributed by atoms with E-state index in [1.54, 1.807) is 12.5 Å². The van der Waals surface area contributed by atoms with Crippen LogP contribution in [0, 0.1) is 11.3 Å². The largest absolute Gasteiger partial charge is 0.490 e. The van der Waals surface area contributed by atoms with E-state index >= 15 is 0 Å². The van der Waals surface area contributed by atoms with E-state index in [-0.39, 0.29) is 5.41 Å². The lowest BCUT2D eigenvalue weighted by molar-refractivity contribution is -0.192. The Hall–Kier alpha value is -1.63. The first-order valence-electron chi connectivity index (χ1n) is 7.97. The second-order valence-electron chi connectivity index (χ2n) is 6.77. The molecule has 1 aromatic heterocycles. The molecule has 0 unspecified atom stereocenters. The SMILES string of the molecule is CS(=O)(=O)NC[C@]12COC[C@H]1CN(Cc1ccoc1)C2.O=C(O)C(F)(F)F. The highest BCUT2D eigenvalue weighted by molar-refractivity contribution is 7.88. The van der Waals surface area contributed by atoms with E-state index in [1.165, 1.54) is 6.26 Å². The zero-order valence-corrected chi connectivity index (χ0v) is 15.3. The number of likely N-dealkylation sites (tertiary alicyclic amines) is 1. The molecule has 0 aliphatic carbocycles. The van der Waals surface area contributed by atoms with Crippen LogP contribution in [0.4, 0.5) is 13.2 Å². The summed E-state index contributed by atoms with van der Waals surface area (Å²) in [5.41, 5.74) is 1.06. The maximum Gasteiger partial charge on any atom is 0.490 e. The van der Waals surface area contributed by atoms with Gasteiger partial charge in [0.25, 0.3) is 0 Å². The number of nitrogens with one attached hydrogen (secondary N) is 1. The van der Waals surface area contributed by atoms with Crippen molar-refractivity contribution < 1.29 is 40.6 Å². The van der Waals surface area contributed by atoms with Gasteiger partial charge in [-0.25, -0.2) is 17.9 Å². The molecule has 2 saturated heterocycles. The summed E-state index contributed by atoms with van der Waals surface area (Å²) in [6.45, 7) is 4.43. The van der Waals surface area contributed by atoms with Gasteiger partial charge in [0.1, 0.15) is 0 Å². The normalized spacial score (nSPS) is 25.7. The summed E-state index contributed by atoms with van der Waals surface area (Å²) in [4.78, 5) is 11.2. The molecule has 0 spiro atoms. The monoisotopic (exact) mass is 414 g/mol. The molecule has 3 heterocycles. The van der Waals surface area contributed by atoms with Gasteiger partial charge in [-0.15, -0.1) is 0 Å². The molecule has 12 heteroatoms. The summed E-state index contributed by atoms with van der Waals surface area (Å²) in [5, 5.41) is 7.12. The van der Waals surface area contributed by atoms with Gasteiger partial charge in [0.05, 0.1) is 32.0 Å². The van der Waals surface area contributed by atoms with Gasteiger partial charge in [-0.05, 0) is 6.07 Å². The third kappa shape index (κ3) is 6.19. The number of ether oxygens (including phenoxy) is 1. The van der Waals surface area contributed by atoms with Crippen LogP contribution in [0.3, 0.4) is 0 Å². The van der Waals surface area contributed by atoms with Crippen molar-refractivity contribution in [3.05, 3.63) is 24.2 Å². The Morgan fingerprint density at radius 3 is 2.67 bits per heavy atom. The molecule has 0 amide bonds. The summed E-state index contributed by atoms with van der Waals surface area (Å²) in [6.07, 6.45) is -0.449. The highest BCUT2D eigenvalue weighted by Gasteiger charge is 2.50. The predicted molar refractivity (Wildman–Crippen MR) is 87.3 cm³/mol. The van der Waals surface area contributed by atoms with Gasteiger partial charge < -0.3 is 14.3 Å². The summed E-state index contributed by atoms with van der Waals surface area (Å²) < 4.78 is 67.7. The van der Waals surface area contributed by atoms with Crippen molar-refractivity contribution in [2.24, 2.45) is 11.3 Å². The number of carbonyl (C=O) groups is 1. The smallest absolute Gasteiger partial charge is 0.475 e. The fraction of sp³-hybridized carbons (Fsp3) is 0.667. The van der Waals surface area contributed by atoms with Crippen LogP contribution in [-0.4, -0.2) is 69.7 Å². The highest BCUT2D eigenvalue weighted by atomic mass is 32.2. The van der Waals surface area contributed by atoms with Crippen molar-refractivity contribution in [1.82, 2.24) is 9.62 Å². The number of furan rings is 1. The molecule has 2 fully saturated rings. The first-order chi connectivity index (χ1) is 12.4. The first-order valence-corrected chi connectivity index (χ1v) is 9.86. The topological polar surface area (TPSA) is 109 Å². The summed E-state index contributed by atoms with van der Waals surface area (Å²) >= 11 is 0. The van der Waals surface area contributed by atoms with E-state index in [1.807, 2.05) is 6.07 Å². The van der Waals surface area contributed by atoms with Crippen LogP contribution >= 0.6 is 0 Å².